The van der Waals surface area contributed by atoms with Crippen molar-refractivity contribution in [2.75, 3.05) is 4.90 Å². The van der Waals surface area contributed by atoms with Crippen LogP contribution in [0.3, 0.4) is 0 Å². The molecule has 2 heteroatoms. The summed E-state index contributed by atoms with van der Waals surface area (Å²) in [6.45, 7) is 0. The smallest absolute Gasteiger partial charge is 0.0541 e. The minimum Gasteiger partial charge on any atom is -0.310 e. The lowest BCUT2D eigenvalue weighted by Gasteiger charge is -2.28. The number of fused-ring (bicyclic) bond motifs is 3. The number of nitrogens with zero attached hydrogens (tertiary/aromatic N) is 2. The van der Waals surface area contributed by atoms with Crippen molar-refractivity contribution in [1.82, 2.24) is 4.57 Å². The normalized spacial score (nSPS) is 11.2. The Morgan fingerprint density at radius 3 is 1.41 bits per heavy atom. The van der Waals surface area contributed by atoms with Crippen molar-refractivity contribution < 1.29 is 0 Å². The number of rotatable bonds is 6. The zero-order valence-electron chi connectivity index (χ0n) is 24.2. The molecular weight excluding hydrogens is 532 g/mol. The van der Waals surface area contributed by atoms with Crippen molar-refractivity contribution in [2.45, 2.75) is 0 Å². The fourth-order valence-electron chi connectivity index (χ4n) is 6.34. The monoisotopic (exact) mass is 562 g/mol. The Morgan fingerprint density at radius 2 is 0.795 bits per heavy atom. The van der Waals surface area contributed by atoms with Crippen LogP contribution in [0.2, 0.25) is 0 Å². The van der Waals surface area contributed by atoms with Crippen molar-refractivity contribution in [2.24, 2.45) is 0 Å². The van der Waals surface area contributed by atoms with E-state index in [1.54, 1.807) is 0 Å². The second kappa shape index (κ2) is 11.1. The van der Waals surface area contributed by atoms with Gasteiger partial charge in [-0.2, -0.15) is 0 Å². The molecule has 0 aliphatic carbocycles. The number of anilines is 3. The minimum atomic E-state index is 1.10. The van der Waals surface area contributed by atoms with E-state index in [1.165, 1.54) is 44.1 Å². The van der Waals surface area contributed by atoms with Crippen LogP contribution < -0.4 is 4.90 Å². The molecule has 0 saturated heterocycles. The molecule has 0 N–H and O–H groups in total. The van der Waals surface area contributed by atoms with Gasteiger partial charge in [-0.1, -0.05) is 127 Å². The average molecular weight is 563 g/mol. The van der Waals surface area contributed by atoms with Crippen LogP contribution in [-0.4, -0.2) is 4.57 Å². The molecule has 1 aromatic heterocycles. The van der Waals surface area contributed by atoms with Gasteiger partial charge in [-0.15, -0.1) is 0 Å². The van der Waals surface area contributed by atoms with Gasteiger partial charge in [0, 0.05) is 33.4 Å². The van der Waals surface area contributed by atoms with E-state index in [-0.39, 0.29) is 0 Å². The molecule has 0 amide bonds. The third-order valence-corrected chi connectivity index (χ3v) is 8.41. The number of benzene rings is 7. The van der Waals surface area contributed by atoms with Gasteiger partial charge in [0.05, 0.1) is 16.7 Å². The molecule has 0 fully saturated rings. The predicted octanol–water partition coefficient (Wildman–Crippen LogP) is 11.6. The summed E-state index contributed by atoms with van der Waals surface area (Å²) in [4.78, 5) is 2.37. The maximum absolute atomic E-state index is 2.37. The van der Waals surface area contributed by atoms with Crippen molar-refractivity contribution in [3.63, 3.8) is 0 Å². The maximum atomic E-state index is 2.37. The molecular formula is C42H30N2. The highest BCUT2D eigenvalue weighted by molar-refractivity contribution is 6.09. The Hall–Kier alpha value is -5.86. The molecule has 8 aromatic rings. The van der Waals surface area contributed by atoms with Crippen LogP contribution in [0.5, 0.6) is 0 Å². The van der Waals surface area contributed by atoms with Crippen LogP contribution in [-0.2, 0) is 0 Å². The number of hydrogen-bond donors (Lipinski definition) is 0. The lowest BCUT2D eigenvalue weighted by molar-refractivity contribution is 1.17. The number of para-hydroxylation sites is 3. The maximum Gasteiger partial charge on any atom is 0.0541 e. The highest BCUT2D eigenvalue weighted by Gasteiger charge is 2.18. The SMILES string of the molecule is c1ccc(-c2ccc(N(c3ccc(-n4c5ccccc5c5ccccc54)cc3)c3ccccc3-c3ccccc3)cc2)cc1. The second-order valence-electron chi connectivity index (χ2n) is 11.0. The van der Waals surface area contributed by atoms with Gasteiger partial charge in [0.2, 0.25) is 0 Å². The van der Waals surface area contributed by atoms with Gasteiger partial charge < -0.3 is 9.47 Å². The summed E-state index contributed by atoms with van der Waals surface area (Å²) in [5, 5.41) is 2.54. The summed E-state index contributed by atoms with van der Waals surface area (Å²) in [6, 6.07) is 65.0. The summed E-state index contributed by atoms with van der Waals surface area (Å²) in [5.74, 6) is 0. The van der Waals surface area contributed by atoms with Crippen LogP contribution in [0.1, 0.15) is 0 Å². The summed E-state index contributed by atoms with van der Waals surface area (Å²) in [7, 11) is 0. The van der Waals surface area contributed by atoms with Gasteiger partial charge in [-0.05, 0) is 71.3 Å². The van der Waals surface area contributed by atoms with Crippen molar-refractivity contribution in [3.05, 3.63) is 182 Å². The van der Waals surface area contributed by atoms with Gasteiger partial charge in [-0.25, -0.2) is 0 Å². The zero-order chi connectivity index (χ0) is 29.3. The van der Waals surface area contributed by atoms with E-state index in [9.17, 15) is 0 Å². The predicted molar refractivity (Wildman–Crippen MR) is 186 cm³/mol. The van der Waals surface area contributed by atoms with E-state index in [0.29, 0.717) is 0 Å². The van der Waals surface area contributed by atoms with E-state index >= 15 is 0 Å². The summed E-state index contributed by atoms with van der Waals surface area (Å²) in [5.41, 5.74) is 11.7. The molecule has 0 bridgehead atoms. The van der Waals surface area contributed by atoms with E-state index in [1.807, 2.05) is 0 Å². The van der Waals surface area contributed by atoms with Crippen molar-refractivity contribution in [3.8, 4) is 27.9 Å². The molecule has 0 atom stereocenters. The molecule has 8 rings (SSSR count). The molecule has 2 nitrogen and oxygen atoms in total. The quantitative estimate of drug-likeness (QED) is 0.196. The lowest BCUT2D eigenvalue weighted by Crippen LogP contribution is -2.11. The molecule has 0 aliphatic heterocycles. The van der Waals surface area contributed by atoms with Gasteiger partial charge in [0.15, 0.2) is 0 Å². The van der Waals surface area contributed by atoms with Crippen molar-refractivity contribution >= 4 is 38.9 Å². The molecule has 0 unspecified atom stereocenters. The first-order valence-corrected chi connectivity index (χ1v) is 15.0. The number of aromatic nitrogens is 1. The van der Waals surface area contributed by atoms with E-state index in [4.69, 9.17) is 0 Å². The highest BCUT2D eigenvalue weighted by atomic mass is 15.1. The van der Waals surface area contributed by atoms with Gasteiger partial charge >= 0.3 is 0 Å². The average Bonchev–Trinajstić information content (AvgIpc) is 3.44. The van der Waals surface area contributed by atoms with Crippen LogP contribution in [0, 0.1) is 0 Å². The van der Waals surface area contributed by atoms with E-state index in [2.05, 4.69) is 191 Å². The number of hydrogen-bond acceptors (Lipinski definition) is 1. The molecule has 0 saturated carbocycles. The minimum absolute atomic E-state index is 1.10. The van der Waals surface area contributed by atoms with Crippen molar-refractivity contribution in [1.29, 1.82) is 0 Å². The Balaban J connectivity index is 1.27. The standard InChI is InChI=1S/C42H30N2/c1-3-13-31(14-4-1)32-23-25-34(26-24-32)43(40-20-10-7-17-37(40)33-15-5-2-6-16-33)35-27-29-36(30-28-35)44-41-21-11-8-18-38(41)39-19-9-12-22-42(39)44/h1-30H. The van der Waals surface area contributed by atoms with Crippen LogP contribution in [0.25, 0.3) is 49.7 Å². The van der Waals surface area contributed by atoms with Crippen LogP contribution in [0.4, 0.5) is 17.1 Å². The summed E-state index contributed by atoms with van der Waals surface area (Å²) < 4.78 is 2.37. The molecule has 0 spiro atoms. The Kier molecular flexibility index (Phi) is 6.51. The van der Waals surface area contributed by atoms with Crippen LogP contribution >= 0.6 is 0 Å². The van der Waals surface area contributed by atoms with E-state index in [0.717, 1.165) is 22.7 Å². The first-order chi connectivity index (χ1) is 21.8. The fraction of sp³-hybridized carbons (Fsp3) is 0. The van der Waals surface area contributed by atoms with E-state index < -0.39 is 0 Å². The topological polar surface area (TPSA) is 8.17 Å². The Bertz CT molecular complexity index is 2140. The highest BCUT2D eigenvalue weighted by Crippen LogP contribution is 2.42. The Labute approximate surface area is 257 Å². The summed E-state index contributed by atoms with van der Waals surface area (Å²) in [6.07, 6.45) is 0. The third kappa shape index (κ3) is 4.54. The molecule has 1 heterocycles. The first kappa shape index (κ1) is 25.8. The second-order valence-corrected chi connectivity index (χ2v) is 11.0. The Morgan fingerprint density at radius 1 is 0.341 bits per heavy atom. The van der Waals surface area contributed by atoms with Crippen LogP contribution in [0.15, 0.2) is 182 Å². The largest absolute Gasteiger partial charge is 0.310 e. The zero-order valence-corrected chi connectivity index (χ0v) is 24.2. The molecule has 208 valence electrons. The molecule has 7 aromatic carbocycles. The lowest BCUT2D eigenvalue weighted by atomic mass is 10.0. The molecule has 0 radical (unpaired) electrons. The van der Waals surface area contributed by atoms with Gasteiger partial charge in [0.25, 0.3) is 0 Å². The van der Waals surface area contributed by atoms with Gasteiger partial charge in [0.1, 0.15) is 0 Å². The van der Waals surface area contributed by atoms with Gasteiger partial charge in [-0.3, -0.25) is 0 Å². The molecule has 0 aliphatic rings. The third-order valence-electron chi connectivity index (χ3n) is 8.41. The first-order valence-electron chi connectivity index (χ1n) is 15.0. The summed E-state index contributed by atoms with van der Waals surface area (Å²) >= 11 is 0. The molecule has 44 heavy (non-hydrogen) atoms. The fourth-order valence-corrected chi connectivity index (χ4v) is 6.34.